The van der Waals surface area contributed by atoms with E-state index in [1.54, 1.807) is 24.3 Å². The molecule has 0 aromatic heterocycles. The molecule has 0 radical (unpaired) electrons. The van der Waals surface area contributed by atoms with E-state index in [0.717, 1.165) is 10.5 Å². The molecule has 0 spiro atoms. The second kappa shape index (κ2) is 5.36. The van der Waals surface area contributed by atoms with E-state index in [4.69, 9.17) is 5.73 Å². The van der Waals surface area contributed by atoms with Gasteiger partial charge in [-0.05, 0) is 36.4 Å². The molecular formula is C13H9BrF2N2O. The van der Waals surface area contributed by atoms with Crippen LogP contribution in [0, 0.1) is 11.6 Å². The van der Waals surface area contributed by atoms with Crippen molar-refractivity contribution in [2.24, 2.45) is 0 Å². The van der Waals surface area contributed by atoms with Gasteiger partial charge < -0.3 is 11.1 Å². The van der Waals surface area contributed by atoms with Crippen LogP contribution in [-0.2, 0) is 0 Å². The molecule has 1 amide bonds. The summed E-state index contributed by atoms with van der Waals surface area (Å²) in [5, 5.41) is 2.26. The van der Waals surface area contributed by atoms with E-state index in [0.29, 0.717) is 5.56 Å². The lowest BCUT2D eigenvalue weighted by Crippen LogP contribution is -2.15. The molecule has 19 heavy (non-hydrogen) atoms. The van der Waals surface area contributed by atoms with Gasteiger partial charge in [-0.25, -0.2) is 8.78 Å². The predicted octanol–water partition coefficient (Wildman–Crippen LogP) is 3.56. The van der Waals surface area contributed by atoms with Crippen LogP contribution in [0.5, 0.6) is 0 Å². The highest BCUT2D eigenvalue weighted by Gasteiger charge is 2.15. The molecule has 3 nitrogen and oxygen atoms in total. The molecule has 6 heteroatoms. The Morgan fingerprint density at radius 1 is 1.11 bits per heavy atom. The van der Waals surface area contributed by atoms with E-state index in [2.05, 4.69) is 21.2 Å². The van der Waals surface area contributed by atoms with Crippen molar-refractivity contribution in [3.8, 4) is 0 Å². The third-order valence-corrected chi connectivity index (χ3v) is 3.00. The Balaban J connectivity index is 2.29. The minimum atomic E-state index is -1.18. The lowest BCUT2D eigenvalue weighted by atomic mass is 10.2. The maximum atomic E-state index is 13.5. The van der Waals surface area contributed by atoms with Crippen LogP contribution >= 0.6 is 15.9 Å². The number of carbonyl (C=O) groups is 1. The first kappa shape index (κ1) is 13.5. The van der Waals surface area contributed by atoms with Crippen molar-refractivity contribution < 1.29 is 13.6 Å². The van der Waals surface area contributed by atoms with Crippen LogP contribution in [0.3, 0.4) is 0 Å². The molecule has 2 aromatic rings. The number of nitrogen functional groups attached to an aromatic ring is 1. The fourth-order valence-corrected chi connectivity index (χ4v) is 1.74. The number of hydrogen-bond acceptors (Lipinski definition) is 2. The average Bonchev–Trinajstić information content (AvgIpc) is 2.40. The topological polar surface area (TPSA) is 55.1 Å². The van der Waals surface area contributed by atoms with E-state index in [1.807, 2.05) is 0 Å². The third-order valence-electron chi connectivity index (χ3n) is 2.47. The summed E-state index contributed by atoms with van der Waals surface area (Å²) in [6.07, 6.45) is 0. The van der Waals surface area contributed by atoms with Crippen LogP contribution in [0.4, 0.5) is 20.2 Å². The minimum Gasteiger partial charge on any atom is -0.397 e. The lowest BCUT2D eigenvalue weighted by Gasteiger charge is -2.09. The van der Waals surface area contributed by atoms with Gasteiger partial charge in [0.15, 0.2) is 11.6 Å². The van der Waals surface area contributed by atoms with Gasteiger partial charge in [0.25, 0.3) is 5.91 Å². The standard InChI is InChI=1S/C13H9BrF2N2O/c14-8-3-1-7(2-4-8)13(19)18-12-10(17)6-5-9(15)11(12)16/h1-6H,17H2,(H,18,19). The number of nitrogens with one attached hydrogen (secondary N) is 1. The largest absolute Gasteiger partial charge is 0.397 e. The molecule has 0 atom stereocenters. The van der Waals surface area contributed by atoms with E-state index >= 15 is 0 Å². The van der Waals surface area contributed by atoms with Crippen LogP contribution in [-0.4, -0.2) is 5.91 Å². The van der Waals surface area contributed by atoms with Crippen molar-refractivity contribution in [2.75, 3.05) is 11.1 Å². The lowest BCUT2D eigenvalue weighted by molar-refractivity contribution is 0.102. The fourth-order valence-electron chi connectivity index (χ4n) is 1.48. The van der Waals surface area contributed by atoms with Gasteiger partial charge in [0.2, 0.25) is 0 Å². The molecular weight excluding hydrogens is 318 g/mol. The Labute approximate surface area is 116 Å². The summed E-state index contributed by atoms with van der Waals surface area (Å²) in [6, 6.07) is 8.52. The second-order valence-electron chi connectivity index (χ2n) is 3.79. The number of amides is 1. The Morgan fingerprint density at radius 3 is 2.37 bits per heavy atom. The zero-order valence-electron chi connectivity index (χ0n) is 9.58. The van der Waals surface area contributed by atoms with E-state index in [9.17, 15) is 13.6 Å². The van der Waals surface area contributed by atoms with Crippen molar-refractivity contribution >= 4 is 33.2 Å². The molecule has 0 aliphatic heterocycles. The van der Waals surface area contributed by atoms with Crippen LogP contribution in [0.2, 0.25) is 0 Å². The smallest absolute Gasteiger partial charge is 0.255 e. The molecule has 0 bridgehead atoms. The van der Waals surface area contributed by atoms with Gasteiger partial charge in [0, 0.05) is 10.0 Å². The molecule has 0 unspecified atom stereocenters. The van der Waals surface area contributed by atoms with Crippen LogP contribution < -0.4 is 11.1 Å². The SMILES string of the molecule is Nc1ccc(F)c(F)c1NC(=O)c1ccc(Br)cc1. The van der Waals surface area contributed by atoms with Crippen LogP contribution in [0.1, 0.15) is 10.4 Å². The van der Waals surface area contributed by atoms with Gasteiger partial charge in [-0.15, -0.1) is 0 Å². The predicted molar refractivity (Wildman–Crippen MR) is 72.9 cm³/mol. The summed E-state index contributed by atoms with van der Waals surface area (Å²) in [5.41, 5.74) is 5.43. The van der Waals surface area contributed by atoms with E-state index in [1.165, 1.54) is 6.07 Å². The summed E-state index contributed by atoms with van der Waals surface area (Å²) < 4.78 is 27.4. The minimum absolute atomic E-state index is 0.0376. The zero-order chi connectivity index (χ0) is 14.0. The van der Waals surface area contributed by atoms with Crippen LogP contribution in [0.15, 0.2) is 40.9 Å². The Morgan fingerprint density at radius 2 is 1.74 bits per heavy atom. The first-order valence-corrected chi connectivity index (χ1v) is 6.08. The molecule has 2 aromatic carbocycles. The number of benzene rings is 2. The normalized spacial score (nSPS) is 10.3. The summed E-state index contributed by atoms with van der Waals surface area (Å²) in [4.78, 5) is 11.9. The number of hydrogen-bond donors (Lipinski definition) is 2. The maximum Gasteiger partial charge on any atom is 0.255 e. The first-order valence-electron chi connectivity index (χ1n) is 5.29. The van der Waals surface area contributed by atoms with Crippen molar-refractivity contribution in [2.45, 2.75) is 0 Å². The summed E-state index contributed by atoms with van der Waals surface area (Å²) in [5.74, 6) is -2.81. The van der Waals surface area contributed by atoms with Gasteiger partial charge in [-0.3, -0.25) is 4.79 Å². The fraction of sp³-hybridized carbons (Fsp3) is 0. The Hall–Kier alpha value is -1.95. The molecule has 0 fully saturated rings. The van der Waals surface area contributed by atoms with E-state index in [-0.39, 0.29) is 11.4 Å². The average molecular weight is 327 g/mol. The number of nitrogens with two attached hydrogens (primary N) is 1. The van der Waals surface area contributed by atoms with Gasteiger partial charge in [0.1, 0.15) is 5.69 Å². The summed E-state index contributed by atoms with van der Waals surface area (Å²) in [7, 11) is 0. The van der Waals surface area contributed by atoms with Crippen molar-refractivity contribution in [1.82, 2.24) is 0 Å². The van der Waals surface area contributed by atoms with Crippen molar-refractivity contribution in [1.29, 1.82) is 0 Å². The number of halogens is 3. The molecule has 0 saturated heterocycles. The van der Waals surface area contributed by atoms with Gasteiger partial charge in [-0.2, -0.15) is 0 Å². The zero-order valence-corrected chi connectivity index (χ0v) is 11.2. The molecule has 0 aliphatic carbocycles. The summed E-state index contributed by atoms with van der Waals surface area (Å²) >= 11 is 3.23. The van der Waals surface area contributed by atoms with Crippen molar-refractivity contribution in [3.05, 3.63) is 58.1 Å². The van der Waals surface area contributed by atoms with Gasteiger partial charge >= 0.3 is 0 Å². The maximum absolute atomic E-state index is 13.5. The summed E-state index contributed by atoms with van der Waals surface area (Å²) in [6.45, 7) is 0. The highest BCUT2D eigenvalue weighted by molar-refractivity contribution is 9.10. The van der Waals surface area contributed by atoms with Crippen LogP contribution in [0.25, 0.3) is 0 Å². The molecule has 0 aliphatic rings. The molecule has 3 N–H and O–H groups in total. The molecule has 2 rings (SSSR count). The Kier molecular flexibility index (Phi) is 3.80. The van der Waals surface area contributed by atoms with Crippen molar-refractivity contribution in [3.63, 3.8) is 0 Å². The second-order valence-corrected chi connectivity index (χ2v) is 4.70. The highest BCUT2D eigenvalue weighted by atomic mass is 79.9. The van der Waals surface area contributed by atoms with Gasteiger partial charge in [-0.1, -0.05) is 15.9 Å². The Bertz CT molecular complexity index is 629. The molecule has 98 valence electrons. The monoisotopic (exact) mass is 326 g/mol. The number of rotatable bonds is 2. The number of anilines is 2. The first-order chi connectivity index (χ1) is 8.99. The highest BCUT2D eigenvalue weighted by Crippen LogP contribution is 2.25. The van der Waals surface area contributed by atoms with Gasteiger partial charge in [0.05, 0.1) is 5.69 Å². The van der Waals surface area contributed by atoms with E-state index < -0.39 is 17.5 Å². The number of carbonyl (C=O) groups excluding carboxylic acids is 1. The molecule has 0 heterocycles. The quantitative estimate of drug-likeness (QED) is 0.829. The molecule has 0 saturated carbocycles. The third kappa shape index (κ3) is 2.90.